The number of benzene rings is 2. The largest absolute Gasteiger partial charge is 0.507 e. The van der Waals surface area contributed by atoms with E-state index in [0.717, 1.165) is 17.7 Å². The van der Waals surface area contributed by atoms with Crippen molar-refractivity contribution >= 4 is 23.1 Å². The summed E-state index contributed by atoms with van der Waals surface area (Å²) in [6.45, 7) is 1.98. The molecule has 2 aromatic carbocycles. The number of carbonyl (C=O) groups excluding carboxylic acids is 2. The second-order valence-electron chi connectivity index (χ2n) is 7.74. The number of nitrogens with zero attached hydrogens (tertiary/aromatic N) is 2. The molecule has 0 saturated carbocycles. The summed E-state index contributed by atoms with van der Waals surface area (Å²) in [5.41, 5.74) is 2.79. The van der Waals surface area contributed by atoms with Crippen molar-refractivity contribution in [1.82, 2.24) is 4.98 Å². The summed E-state index contributed by atoms with van der Waals surface area (Å²) >= 11 is 0. The molecule has 0 bridgehead atoms. The molecule has 2 unspecified atom stereocenters. The summed E-state index contributed by atoms with van der Waals surface area (Å²) in [6, 6.07) is 17.1. The third-order valence-corrected chi connectivity index (χ3v) is 5.67. The number of aliphatic hydroxyl groups is 1. The van der Waals surface area contributed by atoms with Gasteiger partial charge in [-0.1, -0.05) is 18.2 Å². The molecule has 0 radical (unpaired) electrons. The van der Waals surface area contributed by atoms with Gasteiger partial charge in [-0.15, -0.1) is 0 Å². The highest BCUT2D eigenvalue weighted by Gasteiger charge is 2.47. The van der Waals surface area contributed by atoms with Gasteiger partial charge in [0.25, 0.3) is 11.7 Å². The van der Waals surface area contributed by atoms with Crippen LogP contribution in [-0.2, 0) is 16.0 Å². The summed E-state index contributed by atoms with van der Waals surface area (Å²) in [5, 5.41) is 11.2. The molecule has 2 atom stereocenters. The number of carbonyl (C=O) groups is 2. The predicted octanol–water partition coefficient (Wildman–Crippen LogP) is 4.03. The normalized spacial score (nSPS) is 21.8. The quantitative estimate of drug-likeness (QED) is 0.399. The van der Waals surface area contributed by atoms with Crippen LogP contribution in [0.15, 0.2) is 78.6 Å². The standard InChI is InChI=1S/C25H20N2O4/c1-15-13-18-14-17(7-8-20(18)31-15)23(28)21-22(16-9-11-26-12-10-16)27(25(30)24(21)29)19-5-3-2-4-6-19/h2-12,14-15,22,28H,13H2,1H3/b23-21-. The van der Waals surface area contributed by atoms with Crippen LogP contribution in [0.5, 0.6) is 5.75 Å². The summed E-state index contributed by atoms with van der Waals surface area (Å²) < 4.78 is 5.74. The fourth-order valence-electron chi connectivity index (χ4n) is 4.27. The van der Waals surface area contributed by atoms with Gasteiger partial charge in [-0.05, 0) is 60.5 Å². The van der Waals surface area contributed by atoms with Crippen molar-refractivity contribution < 1.29 is 19.4 Å². The maximum Gasteiger partial charge on any atom is 0.300 e. The molecule has 5 rings (SSSR count). The number of hydrogen-bond acceptors (Lipinski definition) is 5. The van der Waals surface area contributed by atoms with Crippen molar-refractivity contribution in [3.63, 3.8) is 0 Å². The van der Waals surface area contributed by atoms with Crippen molar-refractivity contribution in [2.45, 2.75) is 25.5 Å². The highest BCUT2D eigenvalue weighted by atomic mass is 16.5. The lowest BCUT2D eigenvalue weighted by Crippen LogP contribution is -2.29. The zero-order chi connectivity index (χ0) is 21.5. The van der Waals surface area contributed by atoms with E-state index in [0.29, 0.717) is 16.8 Å². The molecule has 1 N–H and O–H groups in total. The number of fused-ring (bicyclic) bond motifs is 1. The van der Waals surface area contributed by atoms with Crippen LogP contribution in [0.3, 0.4) is 0 Å². The minimum absolute atomic E-state index is 0.0620. The summed E-state index contributed by atoms with van der Waals surface area (Å²) in [5.74, 6) is -0.804. The van der Waals surface area contributed by atoms with Crippen molar-refractivity contribution in [1.29, 1.82) is 0 Å². The van der Waals surface area contributed by atoms with Crippen molar-refractivity contribution in [3.8, 4) is 5.75 Å². The van der Waals surface area contributed by atoms with Gasteiger partial charge >= 0.3 is 0 Å². The lowest BCUT2D eigenvalue weighted by Gasteiger charge is -2.25. The second-order valence-corrected chi connectivity index (χ2v) is 7.74. The van der Waals surface area contributed by atoms with Crippen LogP contribution in [0.1, 0.15) is 29.7 Å². The Balaban J connectivity index is 1.68. The van der Waals surface area contributed by atoms with Gasteiger partial charge in [0, 0.05) is 30.1 Å². The highest BCUT2D eigenvalue weighted by molar-refractivity contribution is 6.51. The van der Waals surface area contributed by atoms with Crippen LogP contribution in [0.4, 0.5) is 5.69 Å². The number of para-hydroxylation sites is 1. The Kier molecular flexibility index (Phi) is 4.55. The average Bonchev–Trinajstić information content (AvgIpc) is 3.30. The van der Waals surface area contributed by atoms with Crippen molar-refractivity contribution in [2.24, 2.45) is 0 Å². The van der Waals surface area contributed by atoms with Crippen LogP contribution in [0, 0.1) is 0 Å². The number of ether oxygens (including phenoxy) is 1. The van der Waals surface area contributed by atoms with E-state index in [-0.39, 0.29) is 17.4 Å². The summed E-state index contributed by atoms with van der Waals surface area (Å²) in [7, 11) is 0. The van der Waals surface area contributed by atoms with Crippen LogP contribution in [0.25, 0.3) is 5.76 Å². The molecule has 3 aromatic rings. The Labute approximate surface area is 179 Å². The second kappa shape index (κ2) is 7.40. The van der Waals surface area contributed by atoms with E-state index in [4.69, 9.17) is 4.74 Å². The van der Waals surface area contributed by atoms with Gasteiger partial charge in [0.05, 0.1) is 11.6 Å². The highest BCUT2D eigenvalue weighted by Crippen LogP contribution is 2.42. The first-order chi connectivity index (χ1) is 15.0. The molecule has 2 aliphatic heterocycles. The molecule has 31 heavy (non-hydrogen) atoms. The molecular weight excluding hydrogens is 392 g/mol. The number of pyridine rings is 1. The number of aromatic nitrogens is 1. The molecule has 1 aromatic heterocycles. The average molecular weight is 412 g/mol. The lowest BCUT2D eigenvalue weighted by atomic mass is 9.95. The van der Waals surface area contributed by atoms with Gasteiger partial charge in [-0.3, -0.25) is 19.5 Å². The van der Waals surface area contributed by atoms with E-state index in [1.54, 1.807) is 60.9 Å². The SMILES string of the molecule is CC1Cc2cc(/C(O)=C3/C(=O)C(=O)N(c4ccccc4)C3c3ccncc3)ccc2O1. The molecule has 1 saturated heterocycles. The van der Waals surface area contributed by atoms with Gasteiger partial charge in [0.1, 0.15) is 17.6 Å². The fourth-order valence-corrected chi connectivity index (χ4v) is 4.27. The zero-order valence-electron chi connectivity index (χ0n) is 16.9. The fraction of sp³-hybridized carbons (Fsp3) is 0.160. The van der Waals surface area contributed by atoms with Crippen LogP contribution in [0.2, 0.25) is 0 Å². The number of ketones is 1. The Morgan fingerprint density at radius 3 is 2.55 bits per heavy atom. The van der Waals surface area contributed by atoms with Crippen LogP contribution >= 0.6 is 0 Å². The minimum atomic E-state index is -0.756. The van der Waals surface area contributed by atoms with Gasteiger partial charge in [-0.25, -0.2) is 0 Å². The molecule has 0 spiro atoms. The summed E-state index contributed by atoms with van der Waals surface area (Å²) in [4.78, 5) is 31.7. The van der Waals surface area contributed by atoms with E-state index in [1.807, 2.05) is 19.1 Å². The van der Waals surface area contributed by atoms with Crippen LogP contribution in [-0.4, -0.2) is 27.9 Å². The molecule has 6 nitrogen and oxygen atoms in total. The third kappa shape index (κ3) is 3.17. The first-order valence-electron chi connectivity index (χ1n) is 10.1. The number of hydrogen-bond donors (Lipinski definition) is 1. The molecular formula is C25H20N2O4. The monoisotopic (exact) mass is 412 g/mol. The predicted molar refractivity (Wildman–Crippen MR) is 116 cm³/mol. The zero-order valence-corrected chi connectivity index (χ0v) is 16.9. The van der Waals surface area contributed by atoms with Gasteiger partial charge in [-0.2, -0.15) is 0 Å². The number of rotatable bonds is 3. The molecule has 2 aliphatic rings. The van der Waals surface area contributed by atoms with E-state index in [1.165, 1.54) is 4.90 Å². The molecule has 1 amide bonds. The molecule has 0 aliphatic carbocycles. The Hall–Kier alpha value is -3.93. The number of amides is 1. The molecule has 3 heterocycles. The van der Waals surface area contributed by atoms with Crippen LogP contribution < -0.4 is 9.64 Å². The maximum atomic E-state index is 13.1. The Morgan fingerprint density at radius 2 is 1.81 bits per heavy atom. The number of anilines is 1. The third-order valence-electron chi connectivity index (χ3n) is 5.67. The van der Waals surface area contributed by atoms with E-state index in [2.05, 4.69) is 4.98 Å². The minimum Gasteiger partial charge on any atom is -0.507 e. The smallest absolute Gasteiger partial charge is 0.300 e. The molecule has 1 fully saturated rings. The lowest BCUT2D eigenvalue weighted by molar-refractivity contribution is -0.132. The molecule has 154 valence electrons. The first-order valence-corrected chi connectivity index (χ1v) is 10.1. The summed E-state index contributed by atoms with van der Waals surface area (Å²) in [6.07, 6.45) is 4.00. The van der Waals surface area contributed by atoms with E-state index >= 15 is 0 Å². The Bertz CT molecular complexity index is 1200. The van der Waals surface area contributed by atoms with Gasteiger partial charge in [0.15, 0.2) is 0 Å². The van der Waals surface area contributed by atoms with Gasteiger partial charge in [0.2, 0.25) is 0 Å². The molecule has 6 heteroatoms. The van der Waals surface area contributed by atoms with E-state index in [9.17, 15) is 14.7 Å². The van der Waals surface area contributed by atoms with E-state index < -0.39 is 17.7 Å². The first kappa shape index (κ1) is 19.1. The van der Waals surface area contributed by atoms with Crippen molar-refractivity contribution in [3.05, 3.63) is 95.3 Å². The topological polar surface area (TPSA) is 79.7 Å². The van der Waals surface area contributed by atoms with Gasteiger partial charge < -0.3 is 9.84 Å². The Morgan fingerprint density at radius 1 is 1.06 bits per heavy atom. The maximum absolute atomic E-state index is 13.1. The number of Topliss-reactive ketones (excluding diaryl/α,β-unsaturated/α-hetero) is 1. The van der Waals surface area contributed by atoms with Crippen molar-refractivity contribution in [2.75, 3.05) is 4.90 Å². The number of aliphatic hydroxyl groups excluding tert-OH is 1.